The van der Waals surface area contributed by atoms with Crippen molar-refractivity contribution in [3.05, 3.63) is 58.2 Å². The van der Waals surface area contributed by atoms with Crippen molar-refractivity contribution in [1.82, 2.24) is 14.5 Å². The number of benzene rings is 1. The molecule has 1 aromatic carbocycles. The van der Waals surface area contributed by atoms with Gasteiger partial charge in [0.2, 0.25) is 0 Å². The standard InChI is InChI=1S/C16H12IN4S.W/c1-21-10-20-16(11-3-2-4-12(17)7-11)14(21)9-22-13-5-6-19-15(18)8-13;/h2-7,10H,1H3,(H2,18,19);/q-1;. The number of nitrogens with two attached hydrogens (primary N) is 1. The van der Waals surface area contributed by atoms with E-state index < -0.39 is 0 Å². The summed E-state index contributed by atoms with van der Waals surface area (Å²) in [6.07, 6.45) is 3.57. The van der Waals surface area contributed by atoms with Crippen LogP contribution in [-0.2, 0) is 26.4 Å². The molecular weight excluding hydrogens is 591 g/mol. The number of imidazole rings is 1. The SMILES string of the molecule is Cn1cnc(-c2cccc(I)c2)c1[C](=[W])Sc1[c-]c(N)ncc1. The number of pyridine rings is 1. The van der Waals surface area contributed by atoms with E-state index in [1.165, 1.54) is 26.2 Å². The van der Waals surface area contributed by atoms with Crippen molar-refractivity contribution in [2.45, 2.75) is 4.90 Å². The van der Waals surface area contributed by atoms with Crippen LogP contribution < -0.4 is 5.73 Å². The number of anilines is 1. The molecule has 0 saturated heterocycles. The summed E-state index contributed by atoms with van der Waals surface area (Å²) in [4.78, 5) is 9.56. The summed E-state index contributed by atoms with van der Waals surface area (Å²) in [5, 5.41) is 0. The Hall–Kier alpha value is -0.982. The van der Waals surface area contributed by atoms with Crippen molar-refractivity contribution in [3.8, 4) is 11.3 Å². The van der Waals surface area contributed by atoms with Crippen LogP contribution in [0, 0.1) is 9.64 Å². The zero-order valence-electron chi connectivity index (χ0n) is 12.2. The van der Waals surface area contributed by atoms with Gasteiger partial charge in [0.25, 0.3) is 0 Å². The summed E-state index contributed by atoms with van der Waals surface area (Å²) >= 11 is 5.36. The molecule has 23 heavy (non-hydrogen) atoms. The third-order valence-electron chi connectivity index (χ3n) is 3.12. The fraction of sp³-hybridized carbons (Fsp3) is 0.0625. The normalized spacial score (nSPS) is 10.7. The van der Waals surface area contributed by atoms with E-state index in [4.69, 9.17) is 5.73 Å². The van der Waals surface area contributed by atoms with Crippen LogP contribution in [0.1, 0.15) is 5.69 Å². The molecule has 0 aliphatic carbocycles. The van der Waals surface area contributed by atoms with Gasteiger partial charge in [-0.2, -0.15) is 0 Å². The van der Waals surface area contributed by atoms with Gasteiger partial charge in [-0.25, -0.2) is 0 Å². The molecule has 2 heterocycles. The molecule has 3 aromatic rings. The van der Waals surface area contributed by atoms with Crippen LogP contribution >= 0.6 is 34.4 Å². The Labute approximate surface area is 163 Å². The van der Waals surface area contributed by atoms with Crippen LogP contribution in [0.2, 0.25) is 0 Å². The van der Waals surface area contributed by atoms with E-state index >= 15 is 0 Å². The number of halogens is 1. The van der Waals surface area contributed by atoms with Gasteiger partial charge in [0, 0.05) is 0 Å². The Morgan fingerprint density at radius 3 is 2.91 bits per heavy atom. The first-order valence-electron chi connectivity index (χ1n) is 6.68. The molecule has 0 bridgehead atoms. The Morgan fingerprint density at radius 2 is 2.17 bits per heavy atom. The quantitative estimate of drug-likeness (QED) is 0.283. The number of aromatic nitrogens is 3. The second kappa shape index (κ2) is 7.28. The topological polar surface area (TPSA) is 56.7 Å². The van der Waals surface area contributed by atoms with E-state index in [0.29, 0.717) is 5.82 Å². The van der Waals surface area contributed by atoms with Crippen molar-refractivity contribution in [2.24, 2.45) is 7.05 Å². The van der Waals surface area contributed by atoms with E-state index in [-0.39, 0.29) is 0 Å². The molecule has 0 spiro atoms. The van der Waals surface area contributed by atoms with Crippen molar-refractivity contribution in [2.75, 3.05) is 5.73 Å². The van der Waals surface area contributed by atoms with Crippen LogP contribution in [0.3, 0.4) is 0 Å². The van der Waals surface area contributed by atoms with Gasteiger partial charge >= 0.3 is 164 Å². The average Bonchev–Trinajstić information content (AvgIpc) is 2.89. The number of hydrogen-bond acceptors (Lipinski definition) is 4. The average molecular weight is 603 g/mol. The van der Waals surface area contributed by atoms with Crippen LogP contribution in [0.15, 0.2) is 47.8 Å². The molecule has 0 radical (unpaired) electrons. The minimum absolute atomic E-state index is 0.417. The number of nitrogens with zero attached hydrogens (tertiary/aromatic N) is 3. The summed E-state index contributed by atoms with van der Waals surface area (Å²) in [6, 6.07) is 13.4. The molecular formula is C16H12IN4SW-. The van der Waals surface area contributed by atoms with Crippen LogP contribution in [-0.4, -0.2) is 17.8 Å². The Kier molecular flexibility index (Phi) is 5.34. The number of thioether (sulfide) groups is 1. The first-order chi connectivity index (χ1) is 11.0. The summed E-state index contributed by atoms with van der Waals surface area (Å²) < 4.78 is 4.49. The molecule has 7 heteroatoms. The first kappa shape index (κ1) is 16.9. The molecule has 0 aliphatic rings. The van der Waals surface area contributed by atoms with E-state index in [1.54, 1.807) is 18.0 Å². The Balaban J connectivity index is 1.96. The molecule has 2 N–H and O–H groups in total. The van der Waals surface area contributed by atoms with E-state index in [2.05, 4.69) is 67.5 Å². The van der Waals surface area contributed by atoms with Gasteiger partial charge in [-0.15, -0.1) is 0 Å². The molecule has 2 aromatic heterocycles. The second-order valence-corrected chi connectivity index (χ2v) is 9.56. The third kappa shape index (κ3) is 3.92. The van der Waals surface area contributed by atoms with Gasteiger partial charge in [-0.05, 0) is 0 Å². The van der Waals surface area contributed by atoms with Crippen LogP contribution in [0.5, 0.6) is 0 Å². The van der Waals surface area contributed by atoms with Crippen molar-refractivity contribution < 1.29 is 19.4 Å². The fourth-order valence-corrected chi connectivity index (χ4v) is 5.31. The predicted molar refractivity (Wildman–Crippen MR) is 98.8 cm³/mol. The zero-order valence-corrected chi connectivity index (χ0v) is 18.1. The molecule has 3 rings (SSSR count). The van der Waals surface area contributed by atoms with Gasteiger partial charge in [-0.3, -0.25) is 0 Å². The maximum atomic E-state index is 5.72. The first-order valence-corrected chi connectivity index (χ1v) is 10.0. The van der Waals surface area contributed by atoms with E-state index in [1.807, 2.05) is 19.4 Å². The third-order valence-corrected chi connectivity index (χ3v) is 6.22. The summed E-state index contributed by atoms with van der Waals surface area (Å²) in [5.74, 6) is 0.417. The monoisotopic (exact) mass is 603 g/mol. The van der Waals surface area contributed by atoms with Gasteiger partial charge in [0.1, 0.15) is 0 Å². The molecule has 0 atom stereocenters. The van der Waals surface area contributed by atoms with Gasteiger partial charge < -0.3 is 0 Å². The molecule has 0 fully saturated rings. The zero-order chi connectivity index (χ0) is 16.4. The summed E-state index contributed by atoms with van der Waals surface area (Å²) in [7, 11) is 2.02. The number of hydrogen-bond donors (Lipinski definition) is 1. The van der Waals surface area contributed by atoms with Crippen molar-refractivity contribution in [1.29, 1.82) is 0 Å². The van der Waals surface area contributed by atoms with Crippen molar-refractivity contribution >= 4 is 43.4 Å². The molecule has 4 nitrogen and oxygen atoms in total. The Bertz CT molecular complexity index is 878. The molecule has 0 amide bonds. The molecule has 116 valence electrons. The summed E-state index contributed by atoms with van der Waals surface area (Å²) in [5.41, 5.74) is 8.99. The van der Waals surface area contributed by atoms with Crippen LogP contribution in [0.4, 0.5) is 5.82 Å². The summed E-state index contributed by atoms with van der Waals surface area (Å²) in [6.45, 7) is 0. The van der Waals surface area contributed by atoms with E-state index in [9.17, 15) is 0 Å². The number of nitrogen functional groups attached to an aromatic ring is 1. The molecule has 0 unspecified atom stereocenters. The number of rotatable bonds is 4. The Morgan fingerprint density at radius 1 is 1.35 bits per heavy atom. The number of aryl methyl sites for hydroxylation is 1. The van der Waals surface area contributed by atoms with Crippen LogP contribution in [0.25, 0.3) is 11.3 Å². The minimum atomic E-state index is 0.417. The predicted octanol–water partition coefficient (Wildman–Crippen LogP) is 3.29. The van der Waals surface area contributed by atoms with E-state index in [0.717, 1.165) is 21.8 Å². The van der Waals surface area contributed by atoms with Gasteiger partial charge in [0.15, 0.2) is 0 Å². The van der Waals surface area contributed by atoms with Gasteiger partial charge in [-0.1, -0.05) is 0 Å². The molecule has 0 saturated carbocycles. The fourth-order valence-electron chi connectivity index (χ4n) is 2.11. The molecule has 0 aliphatic heterocycles. The second-order valence-electron chi connectivity index (χ2n) is 4.77. The van der Waals surface area contributed by atoms with Gasteiger partial charge in [0.05, 0.1) is 0 Å². The van der Waals surface area contributed by atoms with Crippen molar-refractivity contribution in [3.63, 3.8) is 0 Å². The maximum absolute atomic E-state index is 5.72.